The van der Waals surface area contributed by atoms with Crippen molar-refractivity contribution in [1.29, 1.82) is 0 Å². The van der Waals surface area contributed by atoms with E-state index in [2.05, 4.69) is 71.0 Å². The van der Waals surface area contributed by atoms with Gasteiger partial charge in [-0.1, -0.05) is 49.8 Å². The van der Waals surface area contributed by atoms with Crippen molar-refractivity contribution in [1.82, 2.24) is 0 Å². The lowest BCUT2D eigenvalue weighted by Crippen LogP contribution is -2.03. The van der Waals surface area contributed by atoms with Crippen LogP contribution in [0.15, 0.2) is 30.3 Å². The summed E-state index contributed by atoms with van der Waals surface area (Å²) < 4.78 is 0. The van der Waals surface area contributed by atoms with E-state index in [-0.39, 0.29) is 0 Å². The Balaban J connectivity index is 2.16. The van der Waals surface area contributed by atoms with Gasteiger partial charge in [-0.05, 0) is 78.6 Å². The topological polar surface area (TPSA) is 0 Å². The Morgan fingerprint density at radius 2 is 1.64 bits per heavy atom. The van der Waals surface area contributed by atoms with Crippen LogP contribution in [0, 0.1) is 27.7 Å². The van der Waals surface area contributed by atoms with Gasteiger partial charge in [-0.2, -0.15) is 0 Å². The van der Waals surface area contributed by atoms with Gasteiger partial charge in [0, 0.05) is 5.92 Å². The molecular weight excluding hydrogens is 264 g/mol. The zero-order chi connectivity index (χ0) is 15.9. The summed E-state index contributed by atoms with van der Waals surface area (Å²) in [6, 6.07) is 11.3. The van der Waals surface area contributed by atoms with Crippen LogP contribution in [0.3, 0.4) is 0 Å². The molecule has 0 aliphatic heterocycles. The minimum absolute atomic E-state index is 0.557. The highest BCUT2D eigenvalue weighted by atomic mass is 14.3. The molecule has 114 valence electrons. The van der Waals surface area contributed by atoms with Crippen LogP contribution in [-0.4, -0.2) is 0 Å². The molecule has 0 aromatic heterocycles. The lowest BCUT2D eigenvalue weighted by atomic mass is 9.83. The van der Waals surface area contributed by atoms with Crippen LogP contribution < -0.4 is 0 Å². The molecule has 2 aromatic rings. The minimum Gasteiger partial charge on any atom is -0.0653 e. The number of hydrogen-bond donors (Lipinski definition) is 0. The van der Waals surface area contributed by atoms with Gasteiger partial charge in [-0.3, -0.25) is 0 Å². The van der Waals surface area contributed by atoms with E-state index in [1.165, 1.54) is 51.8 Å². The van der Waals surface area contributed by atoms with Gasteiger partial charge in [0.05, 0.1) is 0 Å². The maximum atomic E-state index is 2.43. The minimum atomic E-state index is 0.557. The summed E-state index contributed by atoms with van der Waals surface area (Å²) in [6.07, 6.45) is 4.88. The molecule has 0 N–H and O–H groups in total. The Bertz CT molecular complexity index is 747. The Morgan fingerprint density at radius 1 is 0.864 bits per heavy atom. The predicted octanol–water partition coefficient (Wildman–Crippen LogP) is 6.36. The van der Waals surface area contributed by atoms with Crippen molar-refractivity contribution in [3.63, 3.8) is 0 Å². The summed E-state index contributed by atoms with van der Waals surface area (Å²) in [5.74, 6) is 0.557. The molecule has 0 bridgehead atoms. The van der Waals surface area contributed by atoms with E-state index in [9.17, 15) is 0 Å². The lowest BCUT2D eigenvalue weighted by Gasteiger charge is -2.21. The Hall–Kier alpha value is -1.82. The molecule has 1 unspecified atom stereocenters. The largest absolute Gasteiger partial charge is 0.0653 e. The van der Waals surface area contributed by atoms with Crippen molar-refractivity contribution in [2.24, 2.45) is 0 Å². The fraction of sp³-hybridized carbons (Fsp3) is 0.364. The average Bonchev–Trinajstić information content (AvgIpc) is 2.85. The molecule has 0 saturated carbocycles. The molecule has 1 aliphatic carbocycles. The molecule has 3 rings (SSSR count). The van der Waals surface area contributed by atoms with E-state index in [0.717, 1.165) is 0 Å². The van der Waals surface area contributed by atoms with Crippen LogP contribution in [0.2, 0.25) is 0 Å². The molecule has 0 nitrogen and oxygen atoms in total. The second kappa shape index (κ2) is 5.76. The van der Waals surface area contributed by atoms with Gasteiger partial charge in [0.15, 0.2) is 0 Å². The first-order chi connectivity index (χ1) is 10.5. The van der Waals surface area contributed by atoms with Crippen molar-refractivity contribution < 1.29 is 0 Å². The van der Waals surface area contributed by atoms with Crippen molar-refractivity contribution in [3.8, 4) is 0 Å². The van der Waals surface area contributed by atoms with Crippen LogP contribution in [0.25, 0.3) is 11.6 Å². The molecule has 0 saturated heterocycles. The Morgan fingerprint density at radius 3 is 2.36 bits per heavy atom. The molecule has 0 radical (unpaired) electrons. The predicted molar refractivity (Wildman–Crippen MR) is 97.4 cm³/mol. The summed E-state index contributed by atoms with van der Waals surface area (Å²) in [7, 11) is 0. The summed E-state index contributed by atoms with van der Waals surface area (Å²) in [5, 5.41) is 0. The third-order valence-corrected chi connectivity index (χ3v) is 5.34. The fourth-order valence-electron chi connectivity index (χ4n) is 3.85. The molecule has 0 spiro atoms. The van der Waals surface area contributed by atoms with Crippen LogP contribution in [-0.2, 0) is 0 Å². The lowest BCUT2D eigenvalue weighted by molar-refractivity contribution is 0.733. The highest BCUT2D eigenvalue weighted by Gasteiger charge is 2.27. The second-order valence-corrected chi connectivity index (χ2v) is 6.70. The highest BCUT2D eigenvalue weighted by Crippen LogP contribution is 2.46. The molecule has 1 aliphatic rings. The third-order valence-electron chi connectivity index (χ3n) is 5.34. The van der Waals surface area contributed by atoms with Crippen LogP contribution in [0.4, 0.5) is 0 Å². The normalized spacial score (nSPS) is 16.6. The zero-order valence-electron chi connectivity index (χ0n) is 14.5. The second-order valence-electron chi connectivity index (χ2n) is 6.70. The molecule has 22 heavy (non-hydrogen) atoms. The molecular formula is C22H26. The van der Waals surface area contributed by atoms with Gasteiger partial charge in [0.1, 0.15) is 0 Å². The monoisotopic (exact) mass is 290 g/mol. The van der Waals surface area contributed by atoms with Crippen molar-refractivity contribution in [2.45, 2.75) is 53.4 Å². The van der Waals surface area contributed by atoms with E-state index in [4.69, 9.17) is 0 Å². The van der Waals surface area contributed by atoms with Crippen LogP contribution >= 0.6 is 0 Å². The van der Waals surface area contributed by atoms with Gasteiger partial charge in [0.2, 0.25) is 0 Å². The first-order valence-corrected chi connectivity index (χ1v) is 8.42. The molecule has 0 amide bonds. The molecule has 0 heteroatoms. The number of benzene rings is 2. The Labute approximate surface area is 134 Å². The van der Waals surface area contributed by atoms with Crippen LogP contribution in [0.5, 0.6) is 0 Å². The van der Waals surface area contributed by atoms with E-state index in [1.54, 1.807) is 5.56 Å². The van der Waals surface area contributed by atoms with E-state index < -0.39 is 0 Å². The van der Waals surface area contributed by atoms with Gasteiger partial charge >= 0.3 is 0 Å². The summed E-state index contributed by atoms with van der Waals surface area (Å²) >= 11 is 0. The van der Waals surface area contributed by atoms with Gasteiger partial charge in [0.25, 0.3) is 0 Å². The van der Waals surface area contributed by atoms with Gasteiger partial charge < -0.3 is 0 Å². The number of aryl methyl sites for hydroxylation is 2. The van der Waals surface area contributed by atoms with Gasteiger partial charge in [-0.25, -0.2) is 0 Å². The number of allylic oxidation sites excluding steroid dienone is 1. The zero-order valence-corrected chi connectivity index (χ0v) is 14.5. The van der Waals surface area contributed by atoms with E-state index >= 15 is 0 Å². The Kier molecular flexibility index (Phi) is 3.95. The first kappa shape index (κ1) is 15.1. The van der Waals surface area contributed by atoms with Crippen molar-refractivity contribution in [3.05, 3.63) is 69.3 Å². The molecule has 0 fully saturated rings. The number of rotatable bonds is 3. The molecule has 2 aromatic carbocycles. The maximum Gasteiger partial charge on any atom is 0.0104 e. The van der Waals surface area contributed by atoms with E-state index in [0.29, 0.717) is 5.92 Å². The highest BCUT2D eigenvalue weighted by molar-refractivity contribution is 5.93. The number of hydrogen-bond acceptors (Lipinski definition) is 0. The maximum absolute atomic E-state index is 2.43. The standard InChI is InChI=1S/C22H26/c1-6-8-20-21(13-18-10-7-9-15(3)22(18)20)19-12-11-14(2)16(4)17(19)5/h7,9-13,20H,6,8H2,1-5H3. The number of fused-ring (bicyclic) bond motifs is 1. The first-order valence-electron chi connectivity index (χ1n) is 8.42. The van der Waals surface area contributed by atoms with Gasteiger partial charge in [-0.15, -0.1) is 0 Å². The average molecular weight is 290 g/mol. The van der Waals surface area contributed by atoms with E-state index in [1.807, 2.05) is 0 Å². The summed E-state index contributed by atoms with van der Waals surface area (Å²) in [4.78, 5) is 0. The summed E-state index contributed by atoms with van der Waals surface area (Å²) in [6.45, 7) is 11.3. The van der Waals surface area contributed by atoms with Crippen LogP contribution in [0.1, 0.15) is 64.6 Å². The van der Waals surface area contributed by atoms with Crippen molar-refractivity contribution >= 4 is 11.6 Å². The quantitative estimate of drug-likeness (QED) is 0.617. The third kappa shape index (κ3) is 2.31. The smallest absolute Gasteiger partial charge is 0.0104 e. The summed E-state index contributed by atoms with van der Waals surface area (Å²) in [5.41, 5.74) is 11.6. The molecule has 1 atom stereocenters. The SMILES string of the molecule is CCCC1C(c2ccc(C)c(C)c2C)=Cc2cccc(C)c21. The van der Waals surface area contributed by atoms with Crippen molar-refractivity contribution in [2.75, 3.05) is 0 Å². The molecule has 0 heterocycles. The fourth-order valence-corrected chi connectivity index (χ4v) is 3.85.